The van der Waals surface area contributed by atoms with Gasteiger partial charge in [-0.05, 0) is 84.9 Å². The molecule has 0 heterocycles. The lowest BCUT2D eigenvalue weighted by atomic mass is 9.82. The molecule has 0 aromatic heterocycles. The minimum atomic E-state index is -2.74. The fraction of sp³-hybridized carbons (Fsp3) is 0.667. The molecule has 4 N–H and O–H groups in total. The molecule has 1 aromatic rings. The number of carboxylic acids is 1. The molecule has 1 aromatic carbocycles. The smallest absolute Gasteiger partial charge is 0.340 e. The van der Waals surface area contributed by atoms with Crippen molar-refractivity contribution in [1.82, 2.24) is 5.32 Å². The van der Waals surface area contributed by atoms with Crippen LogP contribution in [0.25, 0.3) is 0 Å². The number of amides is 1. The monoisotopic (exact) mass is 703 g/mol. The van der Waals surface area contributed by atoms with E-state index in [2.05, 4.69) is 12.2 Å². The molecule has 1 amide bonds. The maximum atomic E-state index is 13.9. The number of aliphatic hydroxyl groups is 1. The number of phenols is 1. The first-order valence-corrected chi connectivity index (χ1v) is 17.9. The highest BCUT2D eigenvalue weighted by Crippen LogP contribution is 2.30. The number of benzene rings is 1. The highest BCUT2D eigenvalue weighted by Gasteiger charge is 2.51. The number of rotatable bonds is 23. The summed E-state index contributed by atoms with van der Waals surface area (Å²) >= 11 is 0. The summed E-state index contributed by atoms with van der Waals surface area (Å²) in [6.07, 6.45) is 12.2. The second-order valence-electron chi connectivity index (χ2n) is 15.0. The molecule has 0 aliphatic carbocycles. The third kappa shape index (κ3) is 18.3. The number of ether oxygens (including phenoxy) is 2. The Morgan fingerprint density at radius 1 is 0.800 bits per heavy atom. The Hall–Kier alpha value is -3.73. The van der Waals surface area contributed by atoms with Gasteiger partial charge in [0.25, 0.3) is 0 Å². The number of nitrogens with one attached hydrogen (secondary N) is 1. The Kier molecular flexibility index (Phi) is 19.0. The molecule has 0 saturated carbocycles. The molecule has 282 valence electrons. The maximum Gasteiger partial charge on any atom is 0.340 e. The second kappa shape index (κ2) is 21.5. The van der Waals surface area contributed by atoms with Crippen LogP contribution in [0.15, 0.2) is 36.4 Å². The molecule has 0 spiro atoms. The first-order chi connectivity index (χ1) is 23.3. The van der Waals surface area contributed by atoms with Crippen molar-refractivity contribution in [1.29, 1.82) is 0 Å². The molecular weight excluding hydrogens is 642 g/mol. The molecule has 0 radical (unpaired) electrons. The van der Waals surface area contributed by atoms with E-state index in [-0.39, 0.29) is 18.0 Å². The van der Waals surface area contributed by atoms with Gasteiger partial charge in [0.05, 0.1) is 12.3 Å². The zero-order valence-electron chi connectivity index (χ0n) is 31.2. The predicted octanol–water partition coefficient (Wildman–Crippen LogP) is 6.75. The van der Waals surface area contributed by atoms with E-state index in [1.165, 1.54) is 43.2 Å². The van der Waals surface area contributed by atoms with Crippen LogP contribution in [-0.4, -0.2) is 67.8 Å². The van der Waals surface area contributed by atoms with Gasteiger partial charge in [-0.1, -0.05) is 69.7 Å². The Bertz CT molecular complexity index is 1260. The van der Waals surface area contributed by atoms with E-state index in [0.29, 0.717) is 31.2 Å². The number of carbonyl (C=O) groups is 5. The van der Waals surface area contributed by atoms with Gasteiger partial charge >= 0.3 is 17.9 Å². The van der Waals surface area contributed by atoms with Gasteiger partial charge in [0, 0.05) is 19.3 Å². The van der Waals surface area contributed by atoms with E-state index in [9.17, 15) is 39.3 Å². The quantitative estimate of drug-likeness (QED) is 0.0542. The maximum absolute atomic E-state index is 13.9. The molecule has 0 bridgehead atoms. The van der Waals surface area contributed by atoms with E-state index in [0.717, 1.165) is 38.5 Å². The number of carbonyl (C=O) groups excluding carboxylic acids is 4. The van der Waals surface area contributed by atoms with Gasteiger partial charge in [-0.15, -0.1) is 0 Å². The van der Waals surface area contributed by atoms with Gasteiger partial charge in [0.1, 0.15) is 28.8 Å². The number of ketones is 1. The fourth-order valence-electron chi connectivity index (χ4n) is 5.29. The van der Waals surface area contributed by atoms with Gasteiger partial charge < -0.3 is 30.1 Å². The van der Waals surface area contributed by atoms with Crippen molar-refractivity contribution in [2.45, 2.75) is 161 Å². The third-order valence-electron chi connectivity index (χ3n) is 7.84. The molecule has 3 atom stereocenters. The minimum Gasteiger partial charge on any atom is -0.508 e. The van der Waals surface area contributed by atoms with Gasteiger partial charge in [0.2, 0.25) is 5.91 Å². The van der Waals surface area contributed by atoms with Crippen molar-refractivity contribution in [3.63, 3.8) is 0 Å². The lowest BCUT2D eigenvalue weighted by molar-refractivity contribution is -0.190. The highest BCUT2D eigenvalue weighted by molar-refractivity contribution is 5.95. The molecule has 11 nitrogen and oxygen atoms in total. The third-order valence-corrected chi connectivity index (χ3v) is 7.84. The molecule has 0 aliphatic heterocycles. The first kappa shape index (κ1) is 44.3. The first-order valence-electron chi connectivity index (χ1n) is 17.9. The van der Waals surface area contributed by atoms with E-state index >= 15 is 0 Å². The number of allylic oxidation sites excluding steroid dienone is 1. The van der Waals surface area contributed by atoms with Crippen LogP contribution < -0.4 is 5.32 Å². The zero-order valence-corrected chi connectivity index (χ0v) is 31.2. The van der Waals surface area contributed by atoms with Gasteiger partial charge in [-0.25, -0.2) is 9.59 Å². The Morgan fingerprint density at radius 2 is 1.34 bits per heavy atom. The fourth-order valence-corrected chi connectivity index (χ4v) is 5.29. The van der Waals surface area contributed by atoms with Crippen LogP contribution in [0, 0.1) is 5.92 Å². The average Bonchev–Trinajstić information content (AvgIpc) is 2.98. The number of Topliss-reactive ketones (excluding diaryl/α,β-unsaturated/α-hetero) is 1. The summed E-state index contributed by atoms with van der Waals surface area (Å²) in [6, 6.07) is 4.33. The van der Waals surface area contributed by atoms with Crippen LogP contribution in [0.4, 0.5) is 0 Å². The van der Waals surface area contributed by atoms with E-state index < -0.39 is 59.0 Å². The molecule has 0 fully saturated rings. The lowest BCUT2D eigenvalue weighted by Gasteiger charge is -2.35. The number of hydrogen-bond acceptors (Lipinski definition) is 9. The second-order valence-corrected chi connectivity index (χ2v) is 15.0. The minimum absolute atomic E-state index is 0.0129. The summed E-state index contributed by atoms with van der Waals surface area (Å²) < 4.78 is 10.9. The summed E-state index contributed by atoms with van der Waals surface area (Å²) in [5, 5.41) is 33.9. The topological polar surface area (TPSA) is 177 Å². The molecule has 11 heteroatoms. The van der Waals surface area contributed by atoms with Crippen molar-refractivity contribution >= 4 is 29.6 Å². The Labute approximate surface area is 298 Å². The van der Waals surface area contributed by atoms with E-state index in [4.69, 9.17) is 9.47 Å². The molecule has 1 rings (SSSR count). The molecule has 0 unspecified atom stereocenters. The van der Waals surface area contributed by atoms with Crippen molar-refractivity contribution in [3.8, 4) is 5.75 Å². The van der Waals surface area contributed by atoms with Crippen LogP contribution in [0.2, 0.25) is 0 Å². The van der Waals surface area contributed by atoms with Crippen LogP contribution >= 0.6 is 0 Å². The van der Waals surface area contributed by atoms with E-state index in [1.54, 1.807) is 47.6 Å². The Balaban J connectivity index is 3.17. The largest absolute Gasteiger partial charge is 0.508 e. The van der Waals surface area contributed by atoms with E-state index in [1.807, 2.05) is 0 Å². The average molecular weight is 704 g/mol. The summed E-state index contributed by atoms with van der Waals surface area (Å²) in [6.45, 7) is 11.7. The summed E-state index contributed by atoms with van der Waals surface area (Å²) in [4.78, 5) is 64.9. The van der Waals surface area contributed by atoms with Crippen LogP contribution in [0.5, 0.6) is 5.75 Å². The number of aliphatic carboxylic acids is 1. The summed E-state index contributed by atoms with van der Waals surface area (Å²) in [7, 11) is 0. The number of aromatic hydroxyl groups is 1. The number of esters is 2. The van der Waals surface area contributed by atoms with Gasteiger partial charge in [0.15, 0.2) is 5.60 Å². The van der Waals surface area contributed by atoms with Crippen molar-refractivity contribution < 1.29 is 48.8 Å². The standard InChI is InChI=1S/C39H61NO10/c1-8-9-10-13-16-19-29(41)20-17-14-11-12-15-18-21-31(34(44)40-32(35(45)46)26-28-22-24-30(42)25-23-28)39(48,36(47)50-38(5,6)7)27-33(43)49-37(2,3)4/h18,21-25,31-32,42,48H,8-17,19-20,26-27H2,1-7H3,(H,40,44)(H,45,46)/b21-18+/t31-,32+,39+/m1/s1. The normalized spacial score (nSPS) is 14.4. The van der Waals surface area contributed by atoms with Gasteiger partial charge in [-0.3, -0.25) is 14.4 Å². The molecule has 0 aliphatic rings. The van der Waals surface area contributed by atoms with Crippen LogP contribution in [0.3, 0.4) is 0 Å². The number of unbranched alkanes of at least 4 members (excludes halogenated alkanes) is 8. The highest BCUT2D eigenvalue weighted by atomic mass is 16.6. The summed E-state index contributed by atoms with van der Waals surface area (Å²) in [5.41, 5.74) is -4.29. The summed E-state index contributed by atoms with van der Waals surface area (Å²) in [5.74, 6) is -6.00. The van der Waals surface area contributed by atoms with Crippen molar-refractivity contribution in [3.05, 3.63) is 42.0 Å². The van der Waals surface area contributed by atoms with Crippen LogP contribution in [-0.2, 0) is 39.9 Å². The van der Waals surface area contributed by atoms with Gasteiger partial charge in [-0.2, -0.15) is 0 Å². The number of hydrogen-bond donors (Lipinski definition) is 4. The molecule has 50 heavy (non-hydrogen) atoms. The number of phenolic OH excluding ortho intramolecular Hbond substituents is 1. The number of carboxylic acid groups (broad SMARTS) is 1. The lowest BCUT2D eigenvalue weighted by Crippen LogP contribution is -2.57. The van der Waals surface area contributed by atoms with Crippen molar-refractivity contribution in [2.75, 3.05) is 0 Å². The SMILES string of the molecule is CCCCCCCC(=O)CCCCCC/C=C/[C@H](C(=O)N[C@@H](Cc1ccc(O)cc1)C(=O)O)[C@@](O)(CC(=O)OC(C)(C)C)C(=O)OC(C)(C)C. The van der Waals surface area contributed by atoms with Crippen LogP contribution in [0.1, 0.15) is 138 Å². The van der Waals surface area contributed by atoms with Crippen molar-refractivity contribution in [2.24, 2.45) is 5.92 Å². The zero-order chi connectivity index (χ0) is 38.0. The molecular formula is C39H61NO10. The predicted molar refractivity (Wildman–Crippen MR) is 191 cm³/mol. The Morgan fingerprint density at radius 3 is 1.86 bits per heavy atom. The molecule has 0 saturated heterocycles.